The summed E-state index contributed by atoms with van der Waals surface area (Å²) in [6.07, 6.45) is -0.305. The van der Waals surface area contributed by atoms with E-state index in [9.17, 15) is 0 Å². The molecule has 1 N–H and O–H groups in total. The van der Waals surface area contributed by atoms with Gasteiger partial charge in [0.15, 0.2) is 5.84 Å². The number of para-hydroxylation sites is 2. The summed E-state index contributed by atoms with van der Waals surface area (Å²) in [6.45, 7) is 0. The van der Waals surface area contributed by atoms with E-state index in [2.05, 4.69) is 168 Å². The first-order valence-corrected chi connectivity index (χ1v) is 20.8. The highest BCUT2D eigenvalue weighted by atomic mass is 32.1. The third-order valence-electron chi connectivity index (χ3n) is 11.3. The second kappa shape index (κ2) is 12.8. The van der Waals surface area contributed by atoms with Gasteiger partial charge in [-0.05, 0) is 59.7 Å². The first-order valence-electron chi connectivity index (χ1n) is 19.2. The monoisotopic (exact) mass is 764 g/mol. The maximum Gasteiger partial charge on any atom is 0.159 e. The number of hydrogen-bond donors (Lipinski definition) is 1. The Bertz CT molecular complexity index is 3390. The van der Waals surface area contributed by atoms with Gasteiger partial charge in [0, 0.05) is 73.5 Å². The van der Waals surface area contributed by atoms with Crippen molar-refractivity contribution in [3.8, 4) is 16.8 Å². The molecule has 1 aliphatic heterocycles. The highest BCUT2D eigenvalue weighted by Crippen LogP contribution is 2.43. The predicted octanol–water partition coefficient (Wildman–Crippen LogP) is 13.7. The molecule has 0 bridgehead atoms. The topological polar surface area (TPSA) is 41.7 Å². The zero-order valence-corrected chi connectivity index (χ0v) is 32.2. The molecule has 8 aromatic carbocycles. The summed E-state index contributed by atoms with van der Waals surface area (Å²) in [5.74, 6) is 1.56. The highest BCUT2D eigenvalue weighted by molar-refractivity contribution is 7.26. The largest absolute Gasteiger partial charge is 0.344 e. The molecule has 268 valence electrons. The normalized spacial score (nSPS) is 14.5. The number of rotatable bonds is 5. The van der Waals surface area contributed by atoms with Crippen LogP contribution in [0.4, 0.5) is 0 Å². The van der Waals surface area contributed by atoms with Crippen LogP contribution in [-0.2, 0) is 0 Å². The summed E-state index contributed by atoms with van der Waals surface area (Å²) in [7, 11) is 0. The van der Waals surface area contributed by atoms with Gasteiger partial charge >= 0.3 is 0 Å². The third kappa shape index (κ3) is 5.26. The number of nitrogens with zero attached hydrogens (tertiary/aromatic N) is 3. The van der Waals surface area contributed by atoms with E-state index < -0.39 is 0 Å². The molecule has 0 spiro atoms. The van der Waals surface area contributed by atoms with E-state index >= 15 is 0 Å². The first kappa shape index (κ1) is 32.4. The SMILES string of the molecule is c1ccc(C2=NC(c3cccc4sc5ccc(-c6ccc7c(c6)sc6cc(-n8c9ccccc9c9ccccc98)ccc67)cc5c34)NC(c3ccccc3)=N2)cc1. The predicted molar refractivity (Wildman–Crippen MR) is 244 cm³/mol. The minimum absolute atomic E-state index is 0.305. The number of aliphatic imine (C=N–C) groups is 2. The summed E-state index contributed by atoms with van der Waals surface area (Å²) < 4.78 is 7.50. The number of hydrogen-bond acceptors (Lipinski definition) is 5. The van der Waals surface area contributed by atoms with Crippen LogP contribution in [0, 0.1) is 0 Å². The fraction of sp³-hybridized carbons (Fsp3) is 0.0196. The molecule has 57 heavy (non-hydrogen) atoms. The average molecular weight is 765 g/mol. The molecule has 1 unspecified atom stereocenters. The summed E-state index contributed by atoms with van der Waals surface area (Å²) in [5, 5.41) is 11.3. The molecule has 6 heteroatoms. The Morgan fingerprint density at radius 3 is 1.84 bits per heavy atom. The molecule has 4 heterocycles. The van der Waals surface area contributed by atoms with Gasteiger partial charge in [0.1, 0.15) is 12.0 Å². The Labute approximate surface area is 336 Å². The van der Waals surface area contributed by atoms with Crippen LogP contribution in [0.25, 0.3) is 79.0 Å². The van der Waals surface area contributed by atoms with Crippen LogP contribution in [0.1, 0.15) is 22.9 Å². The van der Waals surface area contributed by atoms with Crippen LogP contribution < -0.4 is 5.32 Å². The quantitative estimate of drug-likeness (QED) is 0.186. The van der Waals surface area contributed by atoms with Crippen molar-refractivity contribution in [2.24, 2.45) is 9.98 Å². The molecule has 0 aliphatic carbocycles. The standard InChI is InChI=1S/C51H32N4S2/c1-3-12-31(13-4-1)49-52-50(32-14-5-2-6-15-32)54-51(53-49)40-18-11-21-45-48(40)41-28-33(23-27-44(41)56-45)34-22-25-38-39-26-24-35(30-47(39)57-46(38)29-34)55-42-19-9-7-16-36(42)37-17-8-10-20-43(37)55/h1-30,51H,(H,52,53,54). The van der Waals surface area contributed by atoms with Crippen molar-refractivity contribution in [3.63, 3.8) is 0 Å². The molecule has 1 aliphatic rings. The summed E-state index contributed by atoms with van der Waals surface area (Å²) in [4.78, 5) is 10.3. The lowest BCUT2D eigenvalue weighted by atomic mass is 9.99. The third-order valence-corrected chi connectivity index (χ3v) is 13.5. The molecule has 12 rings (SSSR count). The van der Waals surface area contributed by atoms with E-state index in [4.69, 9.17) is 9.98 Å². The zero-order valence-electron chi connectivity index (χ0n) is 30.6. The zero-order chi connectivity index (χ0) is 37.5. The van der Waals surface area contributed by atoms with Crippen LogP contribution in [-0.4, -0.2) is 16.2 Å². The maximum absolute atomic E-state index is 5.24. The van der Waals surface area contributed by atoms with Crippen molar-refractivity contribution in [2.75, 3.05) is 0 Å². The first-order chi connectivity index (χ1) is 28.2. The van der Waals surface area contributed by atoms with Crippen molar-refractivity contribution in [3.05, 3.63) is 199 Å². The molecule has 11 aromatic rings. The van der Waals surface area contributed by atoms with Crippen molar-refractivity contribution in [1.82, 2.24) is 9.88 Å². The Hall–Kier alpha value is -6.86. The van der Waals surface area contributed by atoms with Crippen LogP contribution >= 0.6 is 22.7 Å². The van der Waals surface area contributed by atoms with Gasteiger partial charge in [0.05, 0.1) is 11.0 Å². The molecule has 3 aromatic heterocycles. The molecule has 0 saturated heterocycles. The number of amidine groups is 2. The molecule has 0 saturated carbocycles. The van der Waals surface area contributed by atoms with Gasteiger partial charge in [0.25, 0.3) is 0 Å². The van der Waals surface area contributed by atoms with E-state index in [-0.39, 0.29) is 6.17 Å². The van der Waals surface area contributed by atoms with Gasteiger partial charge in [-0.2, -0.15) is 0 Å². The molecular weight excluding hydrogens is 733 g/mol. The number of benzene rings is 8. The van der Waals surface area contributed by atoms with Gasteiger partial charge in [-0.15, -0.1) is 22.7 Å². The Balaban J connectivity index is 0.958. The highest BCUT2D eigenvalue weighted by Gasteiger charge is 2.24. The number of nitrogens with one attached hydrogen (secondary N) is 1. The van der Waals surface area contributed by atoms with E-state index in [1.54, 1.807) is 0 Å². The van der Waals surface area contributed by atoms with Crippen LogP contribution in [0.2, 0.25) is 0 Å². The minimum Gasteiger partial charge on any atom is -0.344 e. The van der Waals surface area contributed by atoms with Gasteiger partial charge in [-0.25, -0.2) is 9.98 Å². The van der Waals surface area contributed by atoms with Crippen molar-refractivity contribution in [2.45, 2.75) is 6.17 Å². The van der Waals surface area contributed by atoms with Crippen LogP contribution in [0.3, 0.4) is 0 Å². The van der Waals surface area contributed by atoms with E-state index in [1.165, 1.54) is 79.0 Å². The van der Waals surface area contributed by atoms with E-state index in [1.807, 2.05) is 46.9 Å². The van der Waals surface area contributed by atoms with Crippen LogP contribution in [0.15, 0.2) is 192 Å². The van der Waals surface area contributed by atoms with Crippen molar-refractivity contribution >= 4 is 96.5 Å². The second-order valence-electron chi connectivity index (χ2n) is 14.6. The van der Waals surface area contributed by atoms with Gasteiger partial charge in [-0.3, -0.25) is 0 Å². The Morgan fingerprint density at radius 1 is 0.439 bits per heavy atom. The fourth-order valence-electron chi connectivity index (χ4n) is 8.62. The molecular formula is C51H32N4S2. The lowest BCUT2D eigenvalue weighted by molar-refractivity contribution is 0.680. The maximum atomic E-state index is 5.24. The number of aromatic nitrogens is 1. The summed E-state index contributed by atoms with van der Waals surface area (Å²) >= 11 is 3.71. The summed E-state index contributed by atoms with van der Waals surface area (Å²) in [5.41, 5.74) is 9.25. The average Bonchev–Trinajstić information content (AvgIpc) is 3.95. The smallest absolute Gasteiger partial charge is 0.159 e. The molecule has 4 nitrogen and oxygen atoms in total. The van der Waals surface area contributed by atoms with Crippen molar-refractivity contribution < 1.29 is 0 Å². The van der Waals surface area contributed by atoms with Gasteiger partial charge in [-0.1, -0.05) is 133 Å². The second-order valence-corrected chi connectivity index (χ2v) is 16.8. The minimum atomic E-state index is -0.305. The van der Waals surface area contributed by atoms with E-state index in [0.717, 1.165) is 28.4 Å². The molecule has 0 fully saturated rings. The summed E-state index contributed by atoms with van der Waals surface area (Å²) in [6, 6.07) is 65.5. The van der Waals surface area contributed by atoms with Crippen LogP contribution in [0.5, 0.6) is 0 Å². The number of thiophene rings is 2. The van der Waals surface area contributed by atoms with E-state index in [0.29, 0.717) is 0 Å². The molecule has 0 amide bonds. The van der Waals surface area contributed by atoms with Gasteiger partial charge in [0.2, 0.25) is 0 Å². The number of fused-ring (bicyclic) bond motifs is 9. The molecule has 1 atom stereocenters. The van der Waals surface area contributed by atoms with Crippen molar-refractivity contribution in [1.29, 1.82) is 0 Å². The lowest BCUT2D eigenvalue weighted by Gasteiger charge is -2.24. The van der Waals surface area contributed by atoms with Gasteiger partial charge < -0.3 is 9.88 Å². The fourth-order valence-corrected chi connectivity index (χ4v) is 10.9. The Kier molecular flexibility index (Phi) is 7.30. The molecule has 0 radical (unpaired) electrons. The lowest BCUT2D eigenvalue weighted by Crippen LogP contribution is -2.33. The Morgan fingerprint density at radius 2 is 1.07 bits per heavy atom.